The highest BCUT2D eigenvalue weighted by molar-refractivity contribution is 7.18. The van der Waals surface area contributed by atoms with Gasteiger partial charge in [-0.05, 0) is 55.5 Å². The number of aryl methyl sites for hydroxylation is 1. The van der Waals surface area contributed by atoms with Crippen molar-refractivity contribution >= 4 is 63.5 Å². The van der Waals surface area contributed by atoms with E-state index in [0.29, 0.717) is 15.8 Å². The minimum atomic E-state index is -0.420. The molecule has 2 amide bonds. The number of hydrogen-bond donors (Lipinski definition) is 1. The molecular formula is C23H21ClN4O3S2. The Kier molecular flexibility index (Phi) is 6.09. The molecule has 170 valence electrons. The quantitative estimate of drug-likeness (QED) is 0.528. The lowest BCUT2D eigenvalue weighted by atomic mass is 10.2. The molecule has 2 aromatic heterocycles. The van der Waals surface area contributed by atoms with E-state index in [1.54, 1.807) is 28.4 Å². The van der Waals surface area contributed by atoms with Gasteiger partial charge in [0.25, 0.3) is 5.91 Å². The minimum absolute atomic E-state index is 0.227. The van der Waals surface area contributed by atoms with E-state index in [2.05, 4.69) is 34.3 Å². The SMILES string of the molecule is Cc1ccc(C2=NCCN2c2ccc(N3C[C@H](CNC(=O)c4ccc(Cl)s4)OC3=O)cc2)s1. The van der Waals surface area contributed by atoms with Gasteiger partial charge in [-0.2, -0.15) is 0 Å². The molecule has 1 N–H and O–H groups in total. The van der Waals surface area contributed by atoms with Gasteiger partial charge in [0.1, 0.15) is 11.9 Å². The first-order chi connectivity index (χ1) is 16.0. The van der Waals surface area contributed by atoms with Crippen LogP contribution < -0.4 is 15.1 Å². The summed E-state index contributed by atoms with van der Waals surface area (Å²) in [6, 6.07) is 15.4. The molecule has 1 fully saturated rings. The number of benzene rings is 1. The second kappa shape index (κ2) is 9.17. The van der Waals surface area contributed by atoms with Crippen LogP contribution >= 0.6 is 34.3 Å². The monoisotopic (exact) mass is 500 g/mol. The van der Waals surface area contributed by atoms with E-state index in [4.69, 9.17) is 16.3 Å². The highest BCUT2D eigenvalue weighted by Gasteiger charge is 2.33. The molecular weight excluding hydrogens is 480 g/mol. The maximum Gasteiger partial charge on any atom is 0.414 e. The molecule has 0 bridgehead atoms. The molecule has 2 aliphatic rings. The Labute approximate surface area is 204 Å². The second-order valence-electron chi connectivity index (χ2n) is 7.71. The first kappa shape index (κ1) is 21.9. The largest absolute Gasteiger partial charge is 0.442 e. The first-order valence-electron chi connectivity index (χ1n) is 10.5. The molecule has 2 aliphatic heterocycles. The fraction of sp³-hybridized carbons (Fsp3) is 0.261. The molecule has 0 spiro atoms. The summed E-state index contributed by atoms with van der Waals surface area (Å²) >= 11 is 8.83. The molecule has 3 aromatic rings. The molecule has 0 radical (unpaired) electrons. The van der Waals surface area contributed by atoms with Crippen LogP contribution in [0.15, 0.2) is 53.5 Å². The zero-order valence-corrected chi connectivity index (χ0v) is 20.2. The van der Waals surface area contributed by atoms with E-state index in [1.807, 2.05) is 24.3 Å². The van der Waals surface area contributed by atoms with Crippen molar-refractivity contribution in [1.29, 1.82) is 0 Å². The van der Waals surface area contributed by atoms with Gasteiger partial charge in [0.05, 0.1) is 33.7 Å². The average Bonchev–Trinajstić information content (AvgIpc) is 3.59. The number of aliphatic imine (C=N–C) groups is 1. The predicted molar refractivity (Wildman–Crippen MR) is 134 cm³/mol. The summed E-state index contributed by atoms with van der Waals surface area (Å²) in [5, 5.41) is 2.81. The van der Waals surface area contributed by atoms with Crippen LogP contribution in [0.2, 0.25) is 4.34 Å². The molecule has 1 aromatic carbocycles. The van der Waals surface area contributed by atoms with Crippen LogP contribution in [0.5, 0.6) is 0 Å². The fourth-order valence-corrected chi connectivity index (χ4v) is 5.69. The van der Waals surface area contributed by atoms with Crippen LogP contribution in [0, 0.1) is 6.92 Å². The summed E-state index contributed by atoms with van der Waals surface area (Å²) in [5.74, 6) is 0.763. The van der Waals surface area contributed by atoms with E-state index in [9.17, 15) is 9.59 Å². The Morgan fingerprint density at radius 1 is 1.12 bits per heavy atom. The van der Waals surface area contributed by atoms with Crippen molar-refractivity contribution < 1.29 is 14.3 Å². The molecule has 0 unspecified atom stereocenters. The normalized spacial score (nSPS) is 17.9. The molecule has 4 heterocycles. The summed E-state index contributed by atoms with van der Waals surface area (Å²) in [6.07, 6.45) is -0.838. The van der Waals surface area contributed by atoms with Crippen molar-refractivity contribution in [3.05, 3.63) is 67.5 Å². The van der Waals surface area contributed by atoms with Crippen molar-refractivity contribution in [2.45, 2.75) is 13.0 Å². The Bertz CT molecular complexity index is 1220. The van der Waals surface area contributed by atoms with Gasteiger partial charge in [-0.3, -0.25) is 14.7 Å². The van der Waals surface area contributed by atoms with E-state index in [1.165, 1.54) is 16.2 Å². The highest BCUT2D eigenvalue weighted by atomic mass is 35.5. The third-order valence-corrected chi connectivity index (χ3v) is 7.66. The number of ether oxygens (including phenoxy) is 1. The Morgan fingerprint density at radius 2 is 1.88 bits per heavy atom. The number of amides is 2. The van der Waals surface area contributed by atoms with Gasteiger partial charge >= 0.3 is 6.09 Å². The standard InChI is InChI=1S/C23H21ClN4O3S2/c1-14-2-7-18(32-14)21-25-10-11-27(21)15-3-5-16(6-4-15)28-13-17(31-23(28)30)12-26-22(29)19-8-9-20(24)33-19/h2-9,17H,10-13H2,1H3,(H,26,29)/t17-/m0/s1. The maximum absolute atomic E-state index is 12.4. The average molecular weight is 501 g/mol. The number of anilines is 2. The number of hydrogen-bond acceptors (Lipinski definition) is 7. The van der Waals surface area contributed by atoms with E-state index in [0.717, 1.165) is 35.2 Å². The molecule has 33 heavy (non-hydrogen) atoms. The Balaban J connectivity index is 1.22. The third-order valence-electron chi connectivity index (χ3n) is 5.44. The van der Waals surface area contributed by atoms with Gasteiger partial charge in [0.15, 0.2) is 0 Å². The topological polar surface area (TPSA) is 74.2 Å². The minimum Gasteiger partial charge on any atom is -0.442 e. The summed E-state index contributed by atoms with van der Waals surface area (Å²) < 4.78 is 6.00. The zero-order chi connectivity index (χ0) is 22.9. The lowest BCUT2D eigenvalue weighted by molar-refractivity contribution is 0.0920. The fourth-order valence-electron chi connectivity index (χ4n) is 3.85. The number of nitrogens with one attached hydrogen (secondary N) is 1. The van der Waals surface area contributed by atoms with Crippen molar-refractivity contribution in [1.82, 2.24) is 5.32 Å². The number of halogens is 1. The van der Waals surface area contributed by atoms with Gasteiger partial charge in [-0.1, -0.05) is 11.6 Å². The molecule has 10 heteroatoms. The van der Waals surface area contributed by atoms with Crippen molar-refractivity contribution in [3.8, 4) is 0 Å². The van der Waals surface area contributed by atoms with E-state index >= 15 is 0 Å². The lowest BCUT2D eigenvalue weighted by Crippen LogP contribution is -2.34. The van der Waals surface area contributed by atoms with Gasteiger partial charge in [0.2, 0.25) is 0 Å². The number of thiophene rings is 2. The zero-order valence-electron chi connectivity index (χ0n) is 17.8. The summed E-state index contributed by atoms with van der Waals surface area (Å²) in [6.45, 7) is 4.29. The van der Waals surface area contributed by atoms with Crippen LogP contribution in [-0.2, 0) is 4.74 Å². The van der Waals surface area contributed by atoms with Crippen LogP contribution in [0.1, 0.15) is 19.4 Å². The molecule has 1 atom stereocenters. The van der Waals surface area contributed by atoms with Gasteiger partial charge in [-0.25, -0.2) is 4.79 Å². The second-order valence-corrected chi connectivity index (χ2v) is 10.7. The number of rotatable bonds is 6. The third kappa shape index (κ3) is 4.62. The van der Waals surface area contributed by atoms with Crippen molar-refractivity contribution in [2.75, 3.05) is 36.0 Å². The molecule has 0 aliphatic carbocycles. The smallest absolute Gasteiger partial charge is 0.414 e. The number of carbonyl (C=O) groups excluding carboxylic acids is 2. The van der Waals surface area contributed by atoms with Crippen LogP contribution in [0.3, 0.4) is 0 Å². The molecule has 7 nitrogen and oxygen atoms in total. The predicted octanol–water partition coefficient (Wildman–Crippen LogP) is 4.79. The van der Waals surface area contributed by atoms with E-state index < -0.39 is 12.2 Å². The van der Waals surface area contributed by atoms with Gasteiger partial charge < -0.3 is 15.0 Å². The van der Waals surface area contributed by atoms with Crippen molar-refractivity contribution in [2.24, 2.45) is 4.99 Å². The Morgan fingerprint density at radius 3 is 2.55 bits per heavy atom. The van der Waals surface area contributed by atoms with Gasteiger partial charge in [0, 0.05) is 22.8 Å². The van der Waals surface area contributed by atoms with Crippen LogP contribution in [0.25, 0.3) is 0 Å². The number of nitrogens with zero attached hydrogens (tertiary/aromatic N) is 3. The molecule has 0 saturated carbocycles. The van der Waals surface area contributed by atoms with Crippen LogP contribution in [0.4, 0.5) is 16.2 Å². The number of amidine groups is 1. The summed E-state index contributed by atoms with van der Waals surface area (Å²) in [5.41, 5.74) is 1.79. The van der Waals surface area contributed by atoms with Gasteiger partial charge in [-0.15, -0.1) is 22.7 Å². The molecule has 1 saturated heterocycles. The first-order valence-corrected chi connectivity index (χ1v) is 12.5. The summed E-state index contributed by atoms with van der Waals surface area (Å²) in [4.78, 5) is 36.1. The Hall–Kier alpha value is -2.88. The lowest BCUT2D eigenvalue weighted by Gasteiger charge is -2.21. The van der Waals surface area contributed by atoms with Crippen molar-refractivity contribution in [3.63, 3.8) is 0 Å². The molecule has 5 rings (SSSR count). The number of cyclic esters (lactones) is 1. The highest BCUT2D eigenvalue weighted by Crippen LogP contribution is 2.29. The van der Waals surface area contributed by atoms with Crippen LogP contribution in [-0.4, -0.2) is 50.1 Å². The summed E-state index contributed by atoms with van der Waals surface area (Å²) in [7, 11) is 0. The van der Waals surface area contributed by atoms with E-state index in [-0.39, 0.29) is 12.5 Å². The maximum atomic E-state index is 12.4. The number of carbonyl (C=O) groups is 2.